The van der Waals surface area contributed by atoms with Crippen LogP contribution in [0.15, 0.2) is 18.5 Å². The van der Waals surface area contributed by atoms with Crippen LogP contribution in [0.5, 0.6) is 0 Å². The minimum Gasteiger partial charge on any atom is -0.393 e. The minimum absolute atomic E-state index is 0.0984. The first kappa shape index (κ1) is 13.1. The third kappa shape index (κ3) is 3.88. The fourth-order valence-corrected chi connectivity index (χ4v) is 2.34. The number of hydrogen-bond donors (Lipinski definition) is 3. The van der Waals surface area contributed by atoms with Gasteiger partial charge in [-0.3, -0.25) is 4.98 Å². The van der Waals surface area contributed by atoms with E-state index in [-0.39, 0.29) is 6.10 Å². The summed E-state index contributed by atoms with van der Waals surface area (Å²) in [4.78, 5) is 4.24. The van der Waals surface area contributed by atoms with Crippen molar-refractivity contribution in [2.75, 3.05) is 17.2 Å². The molecule has 2 rings (SSSR count). The average Bonchev–Trinajstić information content (AvgIpc) is 2.40. The van der Waals surface area contributed by atoms with Crippen LogP contribution in [-0.2, 0) is 0 Å². The van der Waals surface area contributed by atoms with Crippen molar-refractivity contribution in [2.24, 2.45) is 0 Å². The quantitative estimate of drug-likeness (QED) is 0.751. The molecule has 0 amide bonds. The molecule has 1 aromatic heterocycles. The normalized spacial score (nSPS) is 23.7. The monoisotopic (exact) mass is 249 g/mol. The molecule has 4 heteroatoms. The van der Waals surface area contributed by atoms with Crippen molar-refractivity contribution in [3.05, 3.63) is 18.5 Å². The standard InChI is InChI=1S/C14H23N3O/c1-2-7-16-12-8-13(10-15-9-12)17-11-3-5-14(18)6-4-11/h8-11,14,16-18H,2-7H2,1H3. The molecule has 1 aliphatic carbocycles. The highest BCUT2D eigenvalue weighted by Gasteiger charge is 2.18. The highest BCUT2D eigenvalue weighted by Crippen LogP contribution is 2.22. The molecule has 1 aromatic rings. The third-order valence-corrected chi connectivity index (χ3v) is 3.38. The van der Waals surface area contributed by atoms with E-state index in [0.29, 0.717) is 6.04 Å². The Hall–Kier alpha value is -1.29. The summed E-state index contributed by atoms with van der Waals surface area (Å²) < 4.78 is 0. The summed E-state index contributed by atoms with van der Waals surface area (Å²) in [5.74, 6) is 0. The van der Waals surface area contributed by atoms with Gasteiger partial charge in [-0.25, -0.2) is 0 Å². The lowest BCUT2D eigenvalue weighted by molar-refractivity contribution is 0.126. The number of nitrogens with one attached hydrogen (secondary N) is 2. The van der Waals surface area contributed by atoms with Gasteiger partial charge in [0.1, 0.15) is 0 Å². The maximum atomic E-state index is 9.48. The van der Waals surface area contributed by atoms with E-state index in [4.69, 9.17) is 0 Å². The fraction of sp³-hybridized carbons (Fsp3) is 0.643. The van der Waals surface area contributed by atoms with Crippen LogP contribution in [0.3, 0.4) is 0 Å². The molecule has 1 fully saturated rings. The Morgan fingerprint density at radius 3 is 2.67 bits per heavy atom. The van der Waals surface area contributed by atoms with Gasteiger partial charge in [0.05, 0.1) is 29.9 Å². The molecular weight excluding hydrogens is 226 g/mol. The Labute approximate surface area is 109 Å². The van der Waals surface area contributed by atoms with Crippen LogP contribution in [0.25, 0.3) is 0 Å². The van der Waals surface area contributed by atoms with Crippen molar-refractivity contribution < 1.29 is 5.11 Å². The number of pyridine rings is 1. The summed E-state index contributed by atoms with van der Waals surface area (Å²) in [6, 6.07) is 2.57. The average molecular weight is 249 g/mol. The summed E-state index contributed by atoms with van der Waals surface area (Å²) in [5, 5.41) is 16.3. The first-order valence-electron chi connectivity index (χ1n) is 6.91. The van der Waals surface area contributed by atoms with Gasteiger partial charge >= 0.3 is 0 Å². The fourth-order valence-electron chi connectivity index (χ4n) is 2.34. The van der Waals surface area contributed by atoms with E-state index >= 15 is 0 Å². The van der Waals surface area contributed by atoms with Crippen LogP contribution in [0.4, 0.5) is 11.4 Å². The van der Waals surface area contributed by atoms with Gasteiger partial charge in [0.15, 0.2) is 0 Å². The molecule has 100 valence electrons. The second-order valence-corrected chi connectivity index (χ2v) is 5.04. The Balaban J connectivity index is 1.88. The Morgan fingerprint density at radius 2 is 1.94 bits per heavy atom. The molecule has 1 aliphatic rings. The molecule has 0 bridgehead atoms. The number of aliphatic hydroxyl groups is 1. The topological polar surface area (TPSA) is 57.2 Å². The van der Waals surface area contributed by atoms with E-state index in [9.17, 15) is 5.11 Å². The SMILES string of the molecule is CCCNc1cncc(NC2CCC(O)CC2)c1. The highest BCUT2D eigenvalue weighted by molar-refractivity contribution is 5.54. The lowest BCUT2D eigenvalue weighted by Gasteiger charge is -2.27. The van der Waals surface area contributed by atoms with Crippen LogP contribution in [0.1, 0.15) is 39.0 Å². The van der Waals surface area contributed by atoms with Crippen LogP contribution in [-0.4, -0.2) is 28.8 Å². The number of hydrogen-bond acceptors (Lipinski definition) is 4. The number of aromatic nitrogens is 1. The first-order chi connectivity index (χ1) is 8.78. The molecule has 0 aromatic carbocycles. The van der Waals surface area contributed by atoms with E-state index in [0.717, 1.165) is 50.0 Å². The summed E-state index contributed by atoms with van der Waals surface area (Å²) in [6.07, 6.45) is 8.60. The van der Waals surface area contributed by atoms with Gasteiger partial charge in [-0.1, -0.05) is 6.92 Å². The van der Waals surface area contributed by atoms with Crippen molar-refractivity contribution in [1.82, 2.24) is 4.98 Å². The minimum atomic E-state index is -0.0984. The van der Waals surface area contributed by atoms with Crippen LogP contribution in [0.2, 0.25) is 0 Å². The molecule has 0 saturated heterocycles. The van der Waals surface area contributed by atoms with Crippen molar-refractivity contribution in [3.8, 4) is 0 Å². The lowest BCUT2D eigenvalue weighted by atomic mass is 9.93. The molecule has 1 saturated carbocycles. The van der Waals surface area contributed by atoms with Crippen molar-refractivity contribution in [3.63, 3.8) is 0 Å². The van der Waals surface area contributed by atoms with Gasteiger partial charge in [-0.2, -0.15) is 0 Å². The molecule has 3 N–H and O–H groups in total. The Morgan fingerprint density at radius 1 is 1.22 bits per heavy atom. The van der Waals surface area contributed by atoms with E-state index in [1.54, 1.807) is 0 Å². The molecule has 0 atom stereocenters. The zero-order chi connectivity index (χ0) is 12.8. The van der Waals surface area contributed by atoms with Crippen LogP contribution in [0, 0.1) is 0 Å². The van der Waals surface area contributed by atoms with E-state index < -0.39 is 0 Å². The van der Waals surface area contributed by atoms with Crippen molar-refractivity contribution in [1.29, 1.82) is 0 Å². The highest BCUT2D eigenvalue weighted by atomic mass is 16.3. The molecule has 4 nitrogen and oxygen atoms in total. The number of anilines is 2. The Kier molecular flexibility index (Phi) is 4.81. The largest absolute Gasteiger partial charge is 0.393 e. The molecule has 0 aliphatic heterocycles. The molecular formula is C14H23N3O. The summed E-state index contributed by atoms with van der Waals surface area (Å²) in [6.45, 7) is 3.12. The summed E-state index contributed by atoms with van der Waals surface area (Å²) >= 11 is 0. The van der Waals surface area contributed by atoms with Crippen molar-refractivity contribution >= 4 is 11.4 Å². The second-order valence-electron chi connectivity index (χ2n) is 5.04. The predicted octanol–water partition coefficient (Wildman–Crippen LogP) is 2.62. The molecule has 0 spiro atoms. The van der Waals surface area contributed by atoms with Gasteiger partial charge < -0.3 is 15.7 Å². The van der Waals surface area contributed by atoms with E-state index in [2.05, 4.69) is 28.6 Å². The van der Waals surface area contributed by atoms with Gasteiger partial charge in [0.25, 0.3) is 0 Å². The summed E-state index contributed by atoms with van der Waals surface area (Å²) in [5.41, 5.74) is 2.13. The third-order valence-electron chi connectivity index (χ3n) is 3.38. The number of aliphatic hydroxyl groups excluding tert-OH is 1. The van der Waals surface area contributed by atoms with Gasteiger partial charge in [-0.15, -0.1) is 0 Å². The molecule has 18 heavy (non-hydrogen) atoms. The zero-order valence-electron chi connectivity index (χ0n) is 11.0. The number of rotatable bonds is 5. The molecule has 0 radical (unpaired) electrons. The maximum Gasteiger partial charge on any atom is 0.0549 e. The number of nitrogens with zero attached hydrogens (tertiary/aromatic N) is 1. The molecule has 1 heterocycles. The molecule has 0 unspecified atom stereocenters. The van der Waals surface area contributed by atoms with Gasteiger partial charge in [-0.05, 0) is 38.2 Å². The predicted molar refractivity (Wildman–Crippen MR) is 74.9 cm³/mol. The van der Waals surface area contributed by atoms with Gasteiger partial charge in [0.2, 0.25) is 0 Å². The van der Waals surface area contributed by atoms with Crippen LogP contribution >= 0.6 is 0 Å². The Bertz CT molecular complexity index is 362. The summed E-state index contributed by atoms with van der Waals surface area (Å²) in [7, 11) is 0. The maximum absolute atomic E-state index is 9.48. The second kappa shape index (κ2) is 6.59. The van der Waals surface area contributed by atoms with Crippen LogP contribution < -0.4 is 10.6 Å². The van der Waals surface area contributed by atoms with E-state index in [1.165, 1.54) is 0 Å². The lowest BCUT2D eigenvalue weighted by Crippen LogP contribution is -2.28. The van der Waals surface area contributed by atoms with Crippen molar-refractivity contribution in [2.45, 2.75) is 51.2 Å². The zero-order valence-corrected chi connectivity index (χ0v) is 11.0. The first-order valence-corrected chi connectivity index (χ1v) is 6.91. The van der Waals surface area contributed by atoms with Gasteiger partial charge in [0, 0.05) is 12.6 Å². The smallest absolute Gasteiger partial charge is 0.0549 e. The van der Waals surface area contributed by atoms with E-state index in [1.807, 2.05) is 12.4 Å².